The highest BCUT2D eigenvalue weighted by Gasteiger charge is 2.22. The predicted octanol–water partition coefficient (Wildman–Crippen LogP) is 3.30. The largest absolute Gasteiger partial charge is 0.494 e. The Bertz CT molecular complexity index is 384. The monoisotopic (exact) mass is 269 g/mol. The van der Waals surface area contributed by atoms with Crippen LogP contribution >= 0.6 is 0 Å². The third-order valence-electron chi connectivity index (χ3n) is 3.21. The van der Waals surface area contributed by atoms with Crippen molar-refractivity contribution in [1.82, 2.24) is 5.32 Å². The molecule has 0 radical (unpaired) electrons. The highest BCUT2D eigenvalue weighted by molar-refractivity contribution is 5.31. The fraction of sp³-hybridized carbons (Fsp3) is 0.600. The number of likely N-dealkylation sites (N-methyl/N-ethyl adjacent to an activating group) is 1. The summed E-state index contributed by atoms with van der Waals surface area (Å²) in [4.78, 5) is 0. The first kappa shape index (κ1) is 15.9. The van der Waals surface area contributed by atoms with Crippen LogP contribution in [-0.2, 0) is 4.74 Å². The summed E-state index contributed by atoms with van der Waals surface area (Å²) >= 11 is 0. The molecule has 4 heteroatoms. The smallest absolute Gasteiger partial charge is 0.165 e. The van der Waals surface area contributed by atoms with Gasteiger partial charge in [-0.25, -0.2) is 4.39 Å². The summed E-state index contributed by atoms with van der Waals surface area (Å²) in [5, 5.41) is 3.37. The van der Waals surface area contributed by atoms with E-state index in [4.69, 9.17) is 9.47 Å². The zero-order valence-electron chi connectivity index (χ0n) is 12.2. The van der Waals surface area contributed by atoms with Gasteiger partial charge in [-0.15, -0.1) is 0 Å². The van der Waals surface area contributed by atoms with Crippen molar-refractivity contribution in [2.24, 2.45) is 0 Å². The SMILES string of the molecule is CCCC(OC)C(NCC)c1ccc(OC)c(F)c1. The van der Waals surface area contributed by atoms with Gasteiger partial charge in [0, 0.05) is 7.11 Å². The molecular formula is C15H24FNO2. The molecule has 2 atom stereocenters. The van der Waals surface area contributed by atoms with Crippen LogP contribution in [0.15, 0.2) is 18.2 Å². The predicted molar refractivity (Wildman–Crippen MR) is 75.1 cm³/mol. The maximum absolute atomic E-state index is 13.8. The molecule has 0 aliphatic carbocycles. The number of hydrogen-bond donors (Lipinski definition) is 1. The van der Waals surface area contributed by atoms with E-state index < -0.39 is 0 Å². The molecule has 0 amide bonds. The molecule has 2 unspecified atom stereocenters. The second-order valence-corrected chi connectivity index (χ2v) is 4.49. The fourth-order valence-electron chi connectivity index (χ4n) is 2.27. The van der Waals surface area contributed by atoms with Gasteiger partial charge in [0.2, 0.25) is 0 Å². The van der Waals surface area contributed by atoms with Crippen LogP contribution in [0.1, 0.15) is 38.3 Å². The van der Waals surface area contributed by atoms with Gasteiger partial charge in [0.15, 0.2) is 11.6 Å². The van der Waals surface area contributed by atoms with Crippen LogP contribution in [0.2, 0.25) is 0 Å². The van der Waals surface area contributed by atoms with Gasteiger partial charge in [0.25, 0.3) is 0 Å². The van der Waals surface area contributed by atoms with Gasteiger partial charge in [-0.1, -0.05) is 26.3 Å². The summed E-state index contributed by atoms with van der Waals surface area (Å²) in [6.07, 6.45) is 2.00. The molecule has 0 saturated carbocycles. The van der Waals surface area contributed by atoms with Gasteiger partial charge in [0.1, 0.15) is 0 Å². The Balaban J connectivity index is 3.00. The molecule has 0 aromatic heterocycles. The van der Waals surface area contributed by atoms with Gasteiger partial charge in [-0.2, -0.15) is 0 Å². The third kappa shape index (κ3) is 4.18. The molecule has 0 aliphatic rings. The number of benzene rings is 1. The topological polar surface area (TPSA) is 30.5 Å². The molecule has 1 aromatic rings. The zero-order valence-corrected chi connectivity index (χ0v) is 12.2. The van der Waals surface area contributed by atoms with Crippen molar-refractivity contribution in [3.05, 3.63) is 29.6 Å². The van der Waals surface area contributed by atoms with Crippen molar-refractivity contribution < 1.29 is 13.9 Å². The van der Waals surface area contributed by atoms with E-state index in [9.17, 15) is 4.39 Å². The van der Waals surface area contributed by atoms with E-state index in [-0.39, 0.29) is 23.7 Å². The van der Waals surface area contributed by atoms with E-state index >= 15 is 0 Å². The van der Waals surface area contributed by atoms with Crippen molar-refractivity contribution in [3.8, 4) is 5.75 Å². The van der Waals surface area contributed by atoms with Crippen LogP contribution in [0, 0.1) is 5.82 Å². The summed E-state index contributed by atoms with van der Waals surface area (Å²) in [6.45, 7) is 4.96. The lowest BCUT2D eigenvalue weighted by molar-refractivity contribution is 0.0610. The molecule has 3 nitrogen and oxygen atoms in total. The summed E-state index contributed by atoms with van der Waals surface area (Å²) in [5.74, 6) is -0.0716. The first-order valence-electron chi connectivity index (χ1n) is 6.77. The minimum Gasteiger partial charge on any atom is -0.494 e. The summed E-state index contributed by atoms with van der Waals surface area (Å²) in [7, 11) is 3.17. The summed E-state index contributed by atoms with van der Waals surface area (Å²) in [6, 6.07) is 5.06. The van der Waals surface area contributed by atoms with E-state index in [1.807, 2.05) is 13.0 Å². The van der Waals surface area contributed by atoms with E-state index in [1.165, 1.54) is 13.2 Å². The van der Waals surface area contributed by atoms with Crippen molar-refractivity contribution in [1.29, 1.82) is 0 Å². The lowest BCUT2D eigenvalue weighted by Gasteiger charge is -2.27. The Kier molecular flexibility index (Phi) is 6.81. The highest BCUT2D eigenvalue weighted by atomic mass is 19.1. The summed E-state index contributed by atoms with van der Waals surface area (Å²) < 4.78 is 24.3. The molecule has 1 aromatic carbocycles. The number of halogens is 1. The lowest BCUT2D eigenvalue weighted by Crippen LogP contribution is -2.33. The minimum absolute atomic E-state index is 0.00430. The van der Waals surface area contributed by atoms with Crippen LogP contribution in [-0.4, -0.2) is 26.9 Å². The molecular weight excluding hydrogens is 245 g/mol. The van der Waals surface area contributed by atoms with Crippen molar-refractivity contribution in [3.63, 3.8) is 0 Å². The van der Waals surface area contributed by atoms with Crippen molar-refractivity contribution in [2.75, 3.05) is 20.8 Å². The molecule has 1 rings (SSSR count). The van der Waals surface area contributed by atoms with Crippen LogP contribution in [0.4, 0.5) is 4.39 Å². The zero-order chi connectivity index (χ0) is 14.3. The van der Waals surface area contributed by atoms with Gasteiger partial charge in [-0.05, 0) is 30.7 Å². The highest BCUT2D eigenvalue weighted by Crippen LogP contribution is 2.26. The van der Waals surface area contributed by atoms with Crippen LogP contribution in [0.5, 0.6) is 5.75 Å². The van der Waals surface area contributed by atoms with Crippen LogP contribution in [0.25, 0.3) is 0 Å². The molecule has 1 N–H and O–H groups in total. The van der Waals surface area contributed by atoms with Gasteiger partial charge in [-0.3, -0.25) is 0 Å². The number of hydrogen-bond acceptors (Lipinski definition) is 3. The van der Waals surface area contributed by atoms with Gasteiger partial charge >= 0.3 is 0 Å². The van der Waals surface area contributed by atoms with Crippen molar-refractivity contribution in [2.45, 2.75) is 38.8 Å². The van der Waals surface area contributed by atoms with Crippen LogP contribution in [0.3, 0.4) is 0 Å². The molecule has 0 saturated heterocycles. The molecule has 0 aliphatic heterocycles. The van der Waals surface area contributed by atoms with E-state index in [0.29, 0.717) is 0 Å². The Morgan fingerprint density at radius 1 is 1.26 bits per heavy atom. The average Bonchev–Trinajstić information content (AvgIpc) is 2.42. The van der Waals surface area contributed by atoms with Gasteiger partial charge in [0.05, 0.1) is 19.3 Å². The first-order chi connectivity index (χ1) is 9.17. The number of methoxy groups -OCH3 is 2. The maximum Gasteiger partial charge on any atom is 0.165 e. The molecule has 0 spiro atoms. The summed E-state index contributed by atoms with van der Waals surface area (Å²) in [5.41, 5.74) is 0.889. The quantitative estimate of drug-likeness (QED) is 0.785. The second kappa shape index (κ2) is 8.12. The van der Waals surface area contributed by atoms with E-state index in [2.05, 4.69) is 12.2 Å². The Hall–Kier alpha value is -1.13. The molecule has 19 heavy (non-hydrogen) atoms. The Morgan fingerprint density at radius 3 is 2.47 bits per heavy atom. The third-order valence-corrected chi connectivity index (χ3v) is 3.21. The minimum atomic E-state index is -0.339. The second-order valence-electron chi connectivity index (χ2n) is 4.49. The fourth-order valence-corrected chi connectivity index (χ4v) is 2.27. The Labute approximate surface area is 115 Å². The standard InChI is InChI=1S/C15H24FNO2/c1-5-7-14(19-4)15(17-6-2)11-8-9-13(18-3)12(16)10-11/h8-10,14-15,17H,5-7H2,1-4H3. The van der Waals surface area contributed by atoms with Gasteiger partial charge < -0.3 is 14.8 Å². The average molecular weight is 269 g/mol. The molecule has 108 valence electrons. The number of ether oxygens (including phenoxy) is 2. The maximum atomic E-state index is 13.8. The normalized spacial score (nSPS) is 14.2. The number of nitrogens with one attached hydrogen (secondary N) is 1. The molecule has 0 heterocycles. The molecule has 0 bridgehead atoms. The van der Waals surface area contributed by atoms with Crippen LogP contribution < -0.4 is 10.1 Å². The van der Waals surface area contributed by atoms with Crippen molar-refractivity contribution >= 4 is 0 Å². The number of rotatable bonds is 8. The van der Waals surface area contributed by atoms with E-state index in [0.717, 1.165) is 24.9 Å². The van der Waals surface area contributed by atoms with E-state index in [1.54, 1.807) is 13.2 Å². The Morgan fingerprint density at radius 2 is 2.00 bits per heavy atom. The lowest BCUT2D eigenvalue weighted by atomic mass is 9.97. The first-order valence-corrected chi connectivity index (χ1v) is 6.77. The molecule has 0 fully saturated rings.